The minimum atomic E-state index is 0.285. The predicted octanol–water partition coefficient (Wildman–Crippen LogP) is 3.12. The Labute approximate surface area is 106 Å². The molecule has 0 saturated heterocycles. The molecule has 2 N–H and O–H groups in total. The summed E-state index contributed by atoms with van der Waals surface area (Å²) in [6, 6.07) is 7.02. The molecule has 0 aromatic heterocycles. The van der Waals surface area contributed by atoms with E-state index in [1.54, 1.807) is 0 Å². The van der Waals surface area contributed by atoms with Gasteiger partial charge in [-0.15, -0.1) is 0 Å². The van der Waals surface area contributed by atoms with Crippen molar-refractivity contribution in [1.29, 1.82) is 0 Å². The van der Waals surface area contributed by atoms with Gasteiger partial charge in [0.05, 0.1) is 0 Å². The number of aryl methyl sites for hydroxylation is 1. The molecule has 96 valence electrons. The van der Waals surface area contributed by atoms with Crippen LogP contribution in [0.1, 0.15) is 38.3 Å². The Morgan fingerprint density at radius 2 is 1.82 bits per heavy atom. The zero-order valence-corrected chi connectivity index (χ0v) is 11.7. The molecule has 1 atom stereocenters. The maximum absolute atomic E-state index is 6.01. The highest BCUT2D eigenvalue weighted by atomic mass is 15.1. The summed E-state index contributed by atoms with van der Waals surface area (Å²) in [6.07, 6.45) is 2.03. The molecule has 0 radical (unpaired) electrons. The van der Waals surface area contributed by atoms with Crippen LogP contribution in [0.3, 0.4) is 0 Å². The normalized spacial score (nSPS) is 12.5. The lowest BCUT2D eigenvalue weighted by Gasteiger charge is -2.22. The number of benzene rings is 1. The summed E-state index contributed by atoms with van der Waals surface area (Å²) in [6.45, 7) is 10.8. The second kappa shape index (κ2) is 6.65. The van der Waals surface area contributed by atoms with E-state index in [9.17, 15) is 0 Å². The number of anilines is 1. The van der Waals surface area contributed by atoms with Crippen LogP contribution >= 0.6 is 0 Å². The van der Waals surface area contributed by atoms with Crippen molar-refractivity contribution in [3.05, 3.63) is 29.3 Å². The molecule has 2 heteroatoms. The third-order valence-corrected chi connectivity index (χ3v) is 3.46. The zero-order chi connectivity index (χ0) is 12.8. The highest BCUT2D eigenvalue weighted by molar-refractivity contribution is 5.50. The molecule has 0 aliphatic rings. The van der Waals surface area contributed by atoms with Crippen molar-refractivity contribution in [2.45, 2.75) is 46.6 Å². The zero-order valence-electron chi connectivity index (χ0n) is 11.7. The molecular weight excluding hydrogens is 208 g/mol. The molecule has 0 bridgehead atoms. The van der Waals surface area contributed by atoms with Gasteiger partial charge in [-0.05, 0) is 56.9 Å². The number of hydrogen-bond donors (Lipinski definition) is 1. The first kappa shape index (κ1) is 14.0. The van der Waals surface area contributed by atoms with E-state index >= 15 is 0 Å². The lowest BCUT2D eigenvalue weighted by Crippen LogP contribution is -2.23. The topological polar surface area (TPSA) is 29.3 Å². The molecule has 0 aliphatic carbocycles. The van der Waals surface area contributed by atoms with E-state index in [1.807, 2.05) is 0 Å². The highest BCUT2D eigenvalue weighted by Gasteiger charge is 2.07. The fraction of sp³-hybridized carbons (Fsp3) is 0.600. The van der Waals surface area contributed by atoms with Gasteiger partial charge in [0, 0.05) is 24.8 Å². The summed E-state index contributed by atoms with van der Waals surface area (Å²) < 4.78 is 0. The first-order valence-electron chi connectivity index (χ1n) is 6.72. The minimum absolute atomic E-state index is 0.285. The van der Waals surface area contributed by atoms with Gasteiger partial charge in [0.2, 0.25) is 0 Å². The molecular formula is C15H26N2. The van der Waals surface area contributed by atoms with E-state index in [-0.39, 0.29) is 6.04 Å². The molecule has 1 aromatic carbocycles. The highest BCUT2D eigenvalue weighted by Crippen LogP contribution is 2.20. The molecule has 0 aliphatic heterocycles. The number of nitrogens with zero attached hydrogens (tertiary/aromatic N) is 1. The van der Waals surface area contributed by atoms with Gasteiger partial charge in [0.15, 0.2) is 0 Å². The summed E-state index contributed by atoms with van der Waals surface area (Å²) in [5.74, 6) is 0. The minimum Gasteiger partial charge on any atom is -0.372 e. The van der Waals surface area contributed by atoms with Crippen molar-refractivity contribution in [3.8, 4) is 0 Å². The average molecular weight is 234 g/mol. The van der Waals surface area contributed by atoms with Crippen LogP contribution in [0.5, 0.6) is 0 Å². The Bertz CT molecular complexity index is 343. The molecule has 1 aromatic rings. The van der Waals surface area contributed by atoms with Crippen molar-refractivity contribution in [1.82, 2.24) is 0 Å². The predicted molar refractivity (Wildman–Crippen MR) is 76.7 cm³/mol. The second-order valence-electron chi connectivity index (χ2n) is 4.66. The first-order valence-corrected chi connectivity index (χ1v) is 6.72. The fourth-order valence-electron chi connectivity index (χ4n) is 2.12. The van der Waals surface area contributed by atoms with E-state index < -0.39 is 0 Å². The van der Waals surface area contributed by atoms with Gasteiger partial charge in [0.1, 0.15) is 0 Å². The van der Waals surface area contributed by atoms with Crippen molar-refractivity contribution >= 4 is 5.69 Å². The average Bonchev–Trinajstić information content (AvgIpc) is 2.33. The maximum Gasteiger partial charge on any atom is 0.0368 e. The molecule has 0 saturated carbocycles. The van der Waals surface area contributed by atoms with Crippen LogP contribution in [0.25, 0.3) is 0 Å². The number of rotatable bonds is 6. The van der Waals surface area contributed by atoms with Crippen LogP contribution in [-0.2, 0) is 6.42 Å². The summed E-state index contributed by atoms with van der Waals surface area (Å²) >= 11 is 0. The third-order valence-electron chi connectivity index (χ3n) is 3.46. The lowest BCUT2D eigenvalue weighted by atomic mass is 9.99. The maximum atomic E-state index is 6.01. The van der Waals surface area contributed by atoms with Gasteiger partial charge in [-0.2, -0.15) is 0 Å². The Balaban J connectivity index is 2.85. The summed E-state index contributed by atoms with van der Waals surface area (Å²) in [5.41, 5.74) is 10.1. The smallest absolute Gasteiger partial charge is 0.0368 e. The van der Waals surface area contributed by atoms with Gasteiger partial charge >= 0.3 is 0 Å². The van der Waals surface area contributed by atoms with E-state index in [0.717, 1.165) is 25.9 Å². The van der Waals surface area contributed by atoms with Crippen LogP contribution in [-0.4, -0.2) is 19.1 Å². The molecule has 0 spiro atoms. The van der Waals surface area contributed by atoms with E-state index in [1.165, 1.54) is 16.8 Å². The molecule has 0 amide bonds. The van der Waals surface area contributed by atoms with Gasteiger partial charge in [0.25, 0.3) is 0 Å². The monoisotopic (exact) mass is 234 g/mol. The van der Waals surface area contributed by atoms with Crippen molar-refractivity contribution in [2.75, 3.05) is 18.0 Å². The number of nitrogens with two attached hydrogens (primary N) is 1. The van der Waals surface area contributed by atoms with Gasteiger partial charge in [-0.25, -0.2) is 0 Å². The molecule has 0 fully saturated rings. The van der Waals surface area contributed by atoms with Crippen molar-refractivity contribution in [2.24, 2.45) is 5.73 Å². The quantitative estimate of drug-likeness (QED) is 0.819. The largest absolute Gasteiger partial charge is 0.372 e. The van der Waals surface area contributed by atoms with E-state index in [2.05, 4.69) is 50.8 Å². The van der Waals surface area contributed by atoms with E-state index in [4.69, 9.17) is 5.73 Å². The standard InChI is InChI=1S/C15H26N2/c1-5-14(16)11-13-8-9-15(10-12(13)4)17(6-2)7-3/h8-10,14H,5-7,11,16H2,1-4H3. The van der Waals surface area contributed by atoms with Crippen LogP contribution in [0.2, 0.25) is 0 Å². The molecule has 1 rings (SSSR count). The molecule has 0 heterocycles. The first-order chi connectivity index (χ1) is 8.12. The Kier molecular flexibility index (Phi) is 5.49. The SMILES string of the molecule is CCC(N)Cc1ccc(N(CC)CC)cc1C. The van der Waals surface area contributed by atoms with Gasteiger partial charge in [-0.1, -0.05) is 13.0 Å². The van der Waals surface area contributed by atoms with Crippen LogP contribution in [0.4, 0.5) is 5.69 Å². The summed E-state index contributed by atoms with van der Waals surface area (Å²) in [5, 5.41) is 0. The summed E-state index contributed by atoms with van der Waals surface area (Å²) in [7, 11) is 0. The Morgan fingerprint density at radius 3 is 2.29 bits per heavy atom. The van der Waals surface area contributed by atoms with Gasteiger partial charge in [-0.3, -0.25) is 0 Å². The fourth-order valence-corrected chi connectivity index (χ4v) is 2.12. The van der Waals surface area contributed by atoms with E-state index in [0.29, 0.717) is 0 Å². The van der Waals surface area contributed by atoms with Crippen LogP contribution < -0.4 is 10.6 Å². The van der Waals surface area contributed by atoms with Crippen LogP contribution in [0, 0.1) is 6.92 Å². The Morgan fingerprint density at radius 1 is 1.18 bits per heavy atom. The molecule has 17 heavy (non-hydrogen) atoms. The van der Waals surface area contributed by atoms with Gasteiger partial charge < -0.3 is 10.6 Å². The van der Waals surface area contributed by atoms with Crippen LogP contribution in [0.15, 0.2) is 18.2 Å². The van der Waals surface area contributed by atoms with Crippen molar-refractivity contribution < 1.29 is 0 Å². The third kappa shape index (κ3) is 3.74. The van der Waals surface area contributed by atoms with Crippen molar-refractivity contribution in [3.63, 3.8) is 0 Å². The number of hydrogen-bond acceptors (Lipinski definition) is 2. The molecule has 2 nitrogen and oxygen atoms in total. The lowest BCUT2D eigenvalue weighted by molar-refractivity contribution is 0.644. The second-order valence-corrected chi connectivity index (χ2v) is 4.66. The summed E-state index contributed by atoms with van der Waals surface area (Å²) in [4.78, 5) is 2.37. The Hall–Kier alpha value is -1.02. The molecule has 1 unspecified atom stereocenters.